The van der Waals surface area contributed by atoms with Crippen LogP contribution in [-0.2, 0) is 17.9 Å². The van der Waals surface area contributed by atoms with E-state index in [-0.39, 0.29) is 19.0 Å². The van der Waals surface area contributed by atoms with Crippen LogP contribution in [0.4, 0.5) is 4.39 Å². The van der Waals surface area contributed by atoms with Crippen LogP contribution in [0.3, 0.4) is 0 Å². The van der Waals surface area contributed by atoms with Gasteiger partial charge in [0.05, 0.1) is 12.8 Å². The van der Waals surface area contributed by atoms with Crippen molar-refractivity contribution in [2.45, 2.75) is 31.5 Å². The minimum absolute atomic E-state index is 0.102. The second-order valence-electron chi connectivity index (χ2n) is 6.74. The molecule has 1 aromatic carbocycles. The molecule has 2 heterocycles. The number of pyridine rings is 1. The number of halogens is 1. The minimum atomic E-state index is -1.50. The Morgan fingerprint density at radius 1 is 1.37 bits per heavy atom. The third-order valence-electron chi connectivity index (χ3n) is 4.77. The van der Waals surface area contributed by atoms with Gasteiger partial charge in [-0.05, 0) is 43.2 Å². The van der Waals surface area contributed by atoms with Gasteiger partial charge in [0.15, 0.2) is 5.60 Å². The summed E-state index contributed by atoms with van der Waals surface area (Å²) >= 11 is 0. The van der Waals surface area contributed by atoms with Gasteiger partial charge in [-0.25, -0.2) is 4.39 Å². The van der Waals surface area contributed by atoms with Gasteiger partial charge in [0, 0.05) is 37.9 Å². The smallest absolute Gasteiger partial charge is 0.256 e. The Labute approximate surface area is 158 Å². The van der Waals surface area contributed by atoms with E-state index in [0.29, 0.717) is 37.2 Å². The molecule has 1 fully saturated rings. The van der Waals surface area contributed by atoms with Crippen molar-refractivity contribution in [1.29, 1.82) is 0 Å². The molecule has 6 nitrogen and oxygen atoms in total. The first-order valence-corrected chi connectivity index (χ1v) is 8.96. The summed E-state index contributed by atoms with van der Waals surface area (Å²) in [6, 6.07) is 10.0. The van der Waals surface area contributed by atoms with Gasteiger partial charge in [-0.2, -0.15) is 0 Å². The quantitative estimate of drug-likeness (QED) is 0.775. The molecular weight excluding hydrogens is 349 g/mol. The van der Waals surface area contributed by atoms with E-state index >= 15 is 0 Å². The van der Waals surface area contributed by atoms with E-state index in [4.69, 9.17) is 4.74 Å². The lowest BCUT2D eigenvalue weighted by Crippen LogP contribution is -2.57. The van der Waals surface area contributed by atoms with Crippen LogP contribution < -0.4 is 10.1 Å². The number of amides is 1. The molecule has 27 heavy (non-hydrogen) atoms. The molecule has 0 unspecified atom stereocenters. The molecule has 0 aliphatic carbocycles. The molecule has 2 aromatic rings. The highest BCUT2D eigenvalue weighted by Crippen LogP contribution is 2.25. The fourth-order valence-corrected chi connectivity index (χ4v) is 3.28. The topological polar surface area (TPSA) is 74.7 Å². The lowest BCUT2D eigenvalue weighted by molar-refractivity contribution is -0.157. The van der Waals surface area contributed by atoms with E-state index in [9.17, 15) is 14.3 Å². The Morgan fingerprint density at radius 2 is 2.22 bits per heavy atom. The molecule has 1 aliphatic heterocycles. The third kappa shape index (κ3) is 4.61. The van der Waals surface area contributed by atoms with Crippen LogP contribution in [0.25, 0.3) is 0 Å². The van der Waals surface area contributed by atoms with Gasteiger partial charge in [0.25, 0.3) is 5.91 Å². The largest absolute Gasteiger partial charge is 0.497 e. The summed E-state index contributed by atoms with van der Waals surface area (Å²) in [6.45, 7) is 1.17. The summed E-state index contributed by atoms with van der Waals surface area (Å²) in [7, 11) is 1.51. The highest BCUT2D eigenvalue weighted by molar-refractivity contribution is 5.86. The van der Waals surface area contributed by atoms with Gasteiger partial charge in [-0.3, -0.25) is 9.78 Å². The number of nitrogens with one attached hydrogen (secondary N) is 1. The van der Waals surface area contributed by atoms with Crippen LogP contribution >= 0.6 is 0 Å². The van der Waals surface area contributed by atoms with E-state index in [1.807, 2.05) is 18.2 Å². The van der Waals surface area contributed by atoms with Gasteiger partial charge < -0.3 is 20.1 Å². The molecule has 1 atom stereocenters. The first kappa shape index (κ1) is 19.3. The maximum atomic E-state index is 14.1. The van der Waals surface area contributed by atoms with Gasteiger partial charge in [0.1, 0.15) is 11.6 Å². The third-order valence-corrected chi connectivity index (χ3v) is 4.77. The molecule has 0 bridgehead atoms. The van der Waals surface area contributed by atoms with Crippen molar-refractivity contribution in [2.75, 3.05) is 20.2 Å². The summed E-state index contributed by atoms with van der Waals surface area (Å²) in [6.07, 6.45) is 2.72. The number of carbonyl (C=O) groups is 1. The number of carbonyl (C=O) groups excluding carboxylic acids is 1. The van der Waals surface area contributed by atoms with Crippen LogP contribution in [0.2, 0.25) is 0 Å². The number of hydrogen-bond acceptors (Lipinski definition) is 5. The van der Waals surface area contributed by atoms with E-state index in [2.05, 4.69) is 10.3 Å². The maximum absolute atomic E-state index is 14.1. The zero-order valence-electron chi connectivity index (χ0n) is 15.3. The summed E-state index contributed by atoms with van der Waals surface area (Å²) in [5, 5.41) is 13.9. The Morgan fingerprint density at radius 3 is 2.96 bits per heavy atom. The van der Waals surface area contributed by atoms with Crippen LogP contribution in [0, 0.1) is 5.82 Å². The lowest BCUT2D eigenvalue weighted by Gasteiger charge is -2.38. The summed E-state index contributed by atoms with van der Waals surface area (Å²) in [5.74, 6) is -0.251. The predicted octanol–water partition coefficient (Wildman–Crippen LogP) is 1.87. The molecule has 0 radical (unpaired) electrons. The Kier molecular flexibility index (Phi) is 6.03. The number of methoxy groups -OCH3 is 1. The molecule has 3 rings (SSSR count). The Balaban J connectivity index is 1.64. The van der Waals surface area contributed by atoms with Crippen molar-refractivity contribution in [1.82, 2.24) is 15.2 Å². The number of rotatable bonds is 7. The van der Waals surface area contributed by atoms with Gasteiger partial charge in [-0.1, -0.05) is 6.07 Å². The van der Waals surface area contributed by atoms with Gasteiger partial charge >= 0.3 is 0 Å². The molecule has 1 saturated heterocycles. The Hall–Kier alpha value is -2.51. The van der Waals surface area contributed by atoms with Crippen molar-refractivity contribution in [3.63, 3.8) is 0 Å². The number of ether oxygens (including phenoxy) is 1. The predicted molar refractivity (Wildman–Crippen MR) is 98.5 cm³/mol. The van der Waals surface area contributed by atoms with Gasteiger partial charge in [-0.15, -0.1) is 0 Å². The first-order chi connectivity index (χ1) is 13.0. The number of likely N-dealkylation sites (tertiary alicyclic amines) is 1. The molecule has 2 N–H and O–H groups in total. The number of hydrogen-bond donors (Lipinski definition) is 2. The number of piperidine rings is 1. The zero-order chi connectivity index (χ0) is 19.3. The summed E-state index contributed by atoms with van der Waals surface area (Å²) < 4.78 is 19.2. The lowest BCUT2D eigenvalue weighted by atomic mass is 9.91. The average molecular weight is 373 g/mol. The number of aromatic nitrogens is 1. The molecule has 0 saturated carbocycles. The first-order valence-electron chi connectivity index (χ1n) is 8.96. The maximum Gasteiger partial charge on any atom is 0.256 e. The second-order valence-corrected chi connectivity index (χ2v) is 6.74. The molecule has 144 valence electrons. The summed E-state index contributed by atoms with van der Waals surface area (Å²) in [5.41, 5.74) is -0.296. The van der Waals surface area contributed by atoms with Crippen molar-refractivity contribution in [3.8, 4) is 5.75 Å². The monoisotopic (exact) mass is 373 g/mol. The van der Waals surface area contributed by atoms with E-state index < -0.39 is 11.4 Å². The summed E-state index contributed by atoms with van der Waals surface area (Å²) in [4.78, 5) is 18.5. The highest BCUT2D eigenvalue weighted by Gasteiger charge is 2.41. The molecule has 1 aromatic heterocycles. The average Bonchev–Trinajstić information content (AvgIpc) is 2.68. The standard InChI is InChI=1S/C20H24FN3O3/c1-27-17-6-7-18(21)15(11-17)13-24-10-4-8-20(26,19(24)25)14-22-12-16-5-2-3-9-23-16/h2-3,5-7,9,11,22,26H,4,8,10,12-14H2,1H3/t20-/m1/s1. The van der Waals surface area contributed by atoms with E-state index in [0.717, 1.165) is 5.69 Å². The van der Waals surface area contributed by atoms with Crippen LogP contribution in [-0.4, -0.2) is 46.7 Å². The van der Waals surface area contributed by atoms with Crippen molar-refractivity contribution in [2.24, 2.45) is 0 Å². The number of benzene rings is 1. The fraction of sp³-hybridized carbons (Fsp3) is 0.400. The number of aliphatic hydroxyl groups is 1. The van der Waals surface area contributed by atoms with Crippen molar-refractivity contribution >= 4 is 5.91 Å². The van der Waals surface area contributed by atoms with E-state index in [1.54, 1.807) is 12.3 Å². The van der Waals surface area contributed by atoms with E-state index in [1.165, 1.54) is 24.1 Å². The zero-order valence-corrected chi connectivity index (χ0v) is 15.3. The molecule has 7 heteroatoms. The minimum Gasteiger partial charge on any atom is -0.497 e. The molecule has 1 amide bonds. The second kappa shape index (κ2) is 8.45. The van der Waals surface area contributed by atoms with Gasteiger partial charge in [0.2, 0.25) is 0 Å². The number of nitrogens with zero attached hydrogens (tertiary/aromatic N) is 2. The molecule has 1 aliphatic rings. The SMILES string of the molecule is COc1ccc(F)c(CN2CCC[C@@](O)(CNCc3ccccn3)C2=O)c1. The molecule has 0 spiro atoms. The van der Waals surface area contributed by atoms with Crippen molar-refractivity contribution in [3.05, 3.63) is 59.7 Å². The van der Waals surface area contributed by atoms with Crippen LogP contribution in [0.1, 0.15) is 24.1 Å². The molecular formula is C20H24FN3O3. The highest BCUT2D eigenvalue weighted by atomic mass is 19.1. The fourth-order valence-electron chi connectivity index (χ4n) is 3.28. The van der Waals surface area contributed by atoms with Crippen LogP contribution in [0.5, 0.6) is 5.75 Å². The Bertz CT molecular complexity index is 787. The normalized spacial score (nSPS) is 20.0. The van der Waals surface area contributed by atoms with Crippen LogP contribution in [0.15, 0.2) is 42.6 Å². The van der Waals surface area contributed by atoms with Crippen molar-refractivity contribution < 1.29 is 19.0 Å².